The Morgan fingerprint density at radius 3 is 2.20 bits per heavy atom. The fraction of sp³-hybridized carbons (Fsp3) is 0.833. The van der Waals surface area contributed by atoms with E-state index in [2.05, 4.69) is 44.8 Å². The van der Waals surface area contributed by atoms with Gasteiger partial charge in [0.1, 0.15) is 0 Å². The molecule has 0 radical (unpaired) electrons. The molecular formula is C12H27N3. The van der Waals surface area contributed by atoms with Gasteiger partial charge >= 0.3 is 0 Å². The number of rotatable bonds is 8. The van der Waals surface area contributed by atoms with Crippen LogP contribution in [-0.4, -0.2) is 30.6 Å². The fourth-order valence-corrected chi connectivity index (χ4v) is 2.48. The highest BCUT2D eigenvalue weighted by atomic mass is 15.3. The summed E-state index contributed by atoms with van der Waals surface area (Å²) in [5.41, 5.74) is 3.12. The standard InChI is InChI=1S/C12H27N3/c1-6-9-10-11(14-13)12(7-2,8-3)15(4)5/h6,11,14H,1,7-10,13H2,2-5H3. The van der Waals surface area contributed by atoms with Gasteiger partial charge in [-0.3, -0.25) is 11.3 Å². The van der Waals surface area contributed by atoms with Gasteiger partial charge in [0.2, 0.25) is 0 Å². The quantitative estimate of drug-likeness (QED) is 0.368. The molecule has 0 fully saturated rings. The second kappa shape index (κ2) is 6.99. The number of nitrogens with one attached hydrogen (secondary N) is 1. The largest absolute Gasteiger partial charge is 0.302 e. The molecule has 0 amide bonds. The fourth-order valence-electron chi connectivity index (χ4n) is 2.48. The van der Waals surface area contributed by atoms with Crippen molar-refractivity contribution in [2.24, 2.45) is 5.84 Å². The first-order valence-corrected chi connectivity index (χ1v) is 5.83. The van der Waals surface area contributed by atoms with Crippen molar-refractivity contribution >= 4 is 0 Å². The zero-order valence-electron chi connectivity index (χ0n) is 10.7. The zero-order chi connectivity index (χ0) is 11.9. The molecule has 3 nitrogen and oxygen atoms in total. The maximum atomic E-state index is 5.68. The van der Waals surface area contributed by atoms with Crippen LogP contribution >= 0.6 is 0 Å². The number of likely N-dealkylation sites (N-methyl/N-ethyl adjacent to an activating group) is 1. The normalized spacial score (nSPS) is 14.3. The summed E-state index contributed by atoms with van der Waals surface area (Å²) in [4.78, 5) is 2.29. The summed E-state index contributed by atoms with van der Waals surface area (Å²) >= 11 is 0. The number of nitrogens with two attached hydrogens (primary N) is 1. The highest BCUT2D eigenvalue weighted by Crippen LogP contribution is 2.27. The minimum Gasteiger partial charge on any atom is -0.302 e. The van der Waals surface area contributed by atoms with Crippen LogP contribution < -0.4 is 11.3 Å². The average molecular weight is 213 g/mol. The van der Waals surface area contributed by atoms with Crippen LogP contribution in [0.1, 0.15) is 39.5 Å². The Morgan fingerprint density at radius 1 is 1.40 bits per heavy atom. The van der Waals surface area contributed by atoms with Crippen molar-refractivity contribution in [2.45, 2.75) is 51.1 Å². The van der Waals surface area contributed by atoms with Crippen LogP contribution in [0.3, 0.4) is 0 Å². The number of hydrogen-bond acceptors (Lipinski definition) is 3. The molecule has 0 aliphatic rings. The second-order valence-electron chi connectivity index (χ2n) is 4.29. The topological polar surface area (TPSA) is 41.3 Å². The highest BCUT2D eigenvalue weighted by molar-refractivity contribution is 4.96. The first-order valence-electron chi connectivity index (χ1n) is 5.83. The molecule has 0 aromatic rings. The monoisotopic (exact) mass is 213 g/mol. The molecule has 0 aromatic carbocycles. The summed E-state index contributed by atoms with van der Waals surface area (Å²) < 4.78 is 0. The lowest BCUT2D eigenvalue weighted by molar-refractivity contribution is 0.0846. The van der Waals surface area contributed by atoms with Crippen molar-refractivity contribution in [3.05, 3.63) is 12.7 Å². The summed E-state index contributed by atoms with van der Waals surface area (Å²) in [6, 6.07) is 0.320. The van der Waals surface area contributed by atoms with E-state index in [1.165, 1.54) is 0 Å². The van der Waals surface area contributed by atoms with Crippen LogP contribution in [0.2, 0.25) is 0 Å². The van der Waals surface area contributed by atoms with E-state index < -0.39 is 0 Å². The molecule has 0 bridgehead atoms. The first kappa shape index (κ1) is 14.6. The molecule has 3 heteroatoms. The molecule has 15 heavy (non-hydrogen) atoms. The van der Waals surface area contributed by atoms with Gasteiger partial charge in [-0.15, -0.1) is 6.58 Å². The number of nitrogens with zero attached hydrogens (tertiary/aromatic N) is 1. The van der Waals surface area contributed by atoms with Crippen LogP contribution in [0, 0.1) is 0 Å². The van der Waals surface area contributed by atoms with Gasteiger partial charge in [-0.25, -0.2) is 0 Å². The third kappa shape index (κ3) is 3.30. The molecule has 3 N–H and O–H groups in total. The van der Waals surface area contributed by atoms with E-state index in [9.17, 15) is 0 Å². The molecule has 0 aliphatic carbocycles. The summed E-state index contributed by atoms with van der Waals surface area (Å²) in [5, 5.41) is 0. The highest BCUT2D eigenvalue weighted by Gasteiger charge is 2.36. The van der Waals surface area contributed by atoms with E-state index in [-0.39, 0.29) is 5.54 Å². The third-order valence-corrected chi connectivity index (χ3v) is 3.62. The van der Waals surface area contributed by atoms with Gasteiger partial charge in [-0.2, -0.15) is 0 Å². The summed E-state index contributed by atoms with van der Waals surface area (Å²) in [7, 11) is 4.26. The molecule has 0 saturated heterocycles. The minimum atomic E-state index is 0.151. The van der Waals surface area contributed by atoms with Crippen LogP contribution in [-0.2, 0) is 0 Å². The molecule has 0 heterocycles. The molecule has 0 aromatic heterocycles. The van der Waals surface area contributed by atoms with E-state index in [1.54, 1.807) is 0 Å². The Balaban J connectivity index is 4.74. The van der Waals surface area contributed by atoms with Gasteiger partial charge in [-0.05, 0) is 39.8 Å². The van der Waals surface area contributed by atoms with E-state index in [1.807, 2.05) is 6.08 Å². The summed E-state index contributed by atoms with van der Waals surface area (Å²) in [5.74, 6) is 5.68. The Morgan fingerprint density at radius 2 is 1.93 bits per heavy atom. The van der Waals surface area contributed by atoms with Crippen molar-refractivity contribution in [2.75, 3.05) is 14.1 Å². The molecule has 0 aliphatic heterocycles. The van der Waals surface area contributed by atoms with E-state index in [0.29, 0.717) is 6.04 Å². The van der Waals surface area contributed by atoms with Crippen molar-refractivity contribution in [3.8, 4) is 0 Å². The lowest BCUT2D eigenvalue weighted by atomic mass is 9.81. The molecular weight excluding hydrogens is 186 g/mol. The van der Waals surface area contributed by atoms with Gasteiger partial charge in [-0.1, -0.05) is 19.9 Å². The Bertz CT molecular complexity index is 174. The van der Waals surface area contributed by atoms with Crippen molar-refractivity contribution in [1.82, 2.24) is 10.3 Å². The van der Waals surface area contributed by atoms with Gasteiger partial charge < -0.3 is 4.90 Å². The van der Waals surface area contributed by atoms with Crippen molar-refractivity contribution in [3.63, 3.8) is 0 Å². The summed E-state index contributed by atoms with van der Waals surface area (Å²) in [6.45, 7) is 8.21. The Kier molecular flexibility index (Phi) is 6.81. The van der Waals surface area contributed by atoms with Crippen LogP contribution in [0.15, 0.2) is 12.7 Å². The van der Waals surface area contributed by atoms with E-state index in [4.69, 9.17) is 5.84 Å². The zero-order valence-corrected chi connectivity index (χ0v) is 10.7. The van der Waals surface area contributed by atoms with Gasteiger partial charge in [0.25, 0.3) is 0 Å². The lowest BCUT2D eigenvalue weighted by Gasteiger charge is -2.45. The second-order valence-corrected chi connectivity index (χ2v) is 4.29. The van der Waals surface area contributed by atoms with E-state index >= 15 is 0 Å². The van der Waals surface area contributed by atoms with Gasteiger partial charge in [0, 0.05) is 11.6 Å². The maximum absolute atomic E-state index is 5.68. The Labute approximate surface area is 94.7 Å². The smallest absolute Gasteiger partial charge is 0.0397 e. The van der Waals surface area contributed by atoms with Gasteiger partial charge in [0.05, 0.1) is 0 Å². The number of hydrazine groups is 1. The molecule has 90 valence electrons. The summed E-state index contributed by atoms with van der Waals surface area (Å²) in [6.07, 6.45) is 6.20. The molecule has 0 spiro atoms. The molecule has 0 rings (SSSR count). The predicted octanol–water partition coefficient (Wildman–Crippen LogP) is 1.90. The maximum Gasteiger partial charge on any atom is 0.0397 e. The molecule has 1 atom stereocenters. The van der Waals surface area contributed by atoms with E-state index in [0.717, 1.165) is 25.7 Å². The van der Waals surface area contributed by atoms with Crippen molar-refractivity contribution < 1.29 is 0 Å². The Hall–Kier alpha value is -0.380. The SMILES string of the molecule is C=CCCC(NN)C(CC)(CC)N(C)C. The van der Waals surface area contributed by atoms with Crippen LogP contribution in [0.4, 0.5) is 0 Å². The predicted molar refractivity (Wildman–Crippen MR) is 67.5 cm³/mol. The van der Waals surface area contributed by atoms with Crippen molar-refractivity contribution in [1.29, 1.82) is 0 Å². The average Bonchev–Trinajstić information content (AvgIpc) is 2.24. The van der Waals surface area contributed by atoms with Crippen LogP contribution in [0.25, 0.3) is 0 Å². The lowest BCUT2D eigenvalue weighted by Crippen LogP contribution is -2.60. The first-order chi connectivity index (χ1) is 7.08. The minimum absolute atomic E-state index is 0.151. The third-order valence-electron chi connectivity index (χ3n) is 3.62. The number of allylic oxidation sites excluding steroid dienone is 1. The van der Waals surface area contributed by atoms with Gasteiger partial charge in [0.15, 0.2) is 0 Å². The molecule has 0 saturated carbocycles. The number of hydrogen-bond donors (Lipinski definition) is 2. The van der Waals surface area contributed by atoms with Crippen LogP contribution in [0.5, 0.6) is 0 Å². The molecule has 1 unspecified atom stereocenters.